The van der Waals surface area contributed by atoms with Crippen LogP contribution in [-0.2, 0) is 19.0 Å². The number of methoxy groups -OCH3 is 1. The fourth-order valence-corrected chi connectivity index (χ4v) is 6.08. The third kappa shape index (κ3) is 9.54. The molecule has 2 aromatic rings. The van der Waals surface area contributed by atoms with Crippen molar-refractivity contribution in [3.8, 4) is 11.5 Å². The Morgan fingerprint density at radius 3 is 2.13 bits per heavy atom. The van der Waals surface area contributed by atoms with Crippen molar-refractivity contribution < 1.29 is 59.2 Å². The summed E-state index contributed by atoms with van der Waals surface area (Å²) in [7, 11) is 3.34. The number of carbonyl (C=O) groups is 3. The van der Waals surface area contributed by atoms with Gasteiger partial charge in [-0.3, -0.25) is 9.69 Å². The fraction of sp³-hybridized carbons (Fsp3) is 0.516. The second-order valence-electron chi connectivity index (χ2n) is 10.9. The molecule has 14 nitrogen and oxygen atoms in total. The molecule has 0 saturated carbocycles. The van der Waals surface area contributed by atoms with Crippen LogP contribution in [0.2, 0.25) is 0 Å². The molecule has 2 heterocycles. The van der Waals surface area contributed by atoms with E-state index in [0.717, 1.165) is 24.7 Å². The summed E-state index contributed by atoms with van der Waals surface area (Å²) < 4.78 is 16.6. The molecule has 0 aromatic heterocycles. The number of aromatic carboxylic acids is 1. The molecule has 46 heavy (non-hydrogen) atoms. The highest BCUT2D eigenvalue weighted by Crippen LogP contribution is 2.31. The van der Waals surface area contributed by atoms with Crippen LogP contribution in [0.4, 0.5) is 0 Å². The zero-order valence-corrected chi connectivity index (χ0v) is 26.6. The van der Waals surface area contributed by atoms with Gasteiger partial charge in [-0.25, -0.2) is 9.59 Å². The van der Waals surface area contributed by atoms with Gasteiger partial charge in [-0.15, -0.1) is 11.8 Å². The Balaban J connectivity index is 0.000000489. The fourth-order valence-electron chi connectivity index (χ4n) is 5.10. The Labute approximate surface area is 270 Å². The smallest absolute Gasteiger partial charge is 0.341 e. The monoisotopic (exact) mass is 666 g/mol. The highest BCUT2D eigenvalue weighted by atomic mass is 32.2. The molecular weight excluding hydrogens is 624 g/mol. The van der Waals surface area contributed by atoms with Crippen LogP contribution in [0.5, 0.6) is 11.5 Å². The van der Waals surface area contributed by atoms with Crippen LogP contribution >= 0.6 is 11.8 Å². The number of rotatable bonds is 11. The van der Waals surface area contributed by atoms with Crippen molar-refractivity contribution in [2.24, 2.45) is 0 Å². The van der Waals surface area contributed by atoms with Crippen LogP contribution in [0.3, 0.4) is 0 Å². The first-order valence-electron chi connectivity index (χ1n) is 14.7. The summed E-state index contributed by atoms with van der Waals surface area (Å²) in [6.45, 7) is 2.48. The summed E-state index contributed by atoms with van der Waals surface area (Å²) in [5.41, 5.74) is -0.993. The van der Waals surface area contributed by atoms with E-state index in [0.29, 0.717) is 6.42 Å². The second-order valence-corrected chi connectivity index (χ2v) is 12.1. The molecule has 1 amide bonds. The molecule has 15 heteroatoms. The van der Waals surface area contributed by atoms with Crippen LogP contribution in [-0.4, -0.2) is 134 Å². The number of thioether (sulfide) groups is 1. The van der Waals surface area contributed by atoms with Gasteiger partial charge in [0.05, 0.1) is 18.2 Å². The minimum absolute atomic E-state index is 0.0371. The molecule has 2 aliphatic rings. The number of carboxylic acids is 1. The summed E-state index contributed by atoms with van der Waals surface area (Å²) >= 11 is 1.09. The van der Waals surface area contributed by atoms with Gasteiger partial charge in [0.1, 0.15) is 59.1 Å². The van der Waals surface area contributed by atoms with E-state index in [2.05, 4.69) is 5.32 Å². The Morgan fingerprint density at radius 1 is 1.00 bits per heavy atom. The van der Waals surface area contributed by atoms with Crippen molar-refractivity contribution in [1.29, 1.82) is 0 Å². The van der Waals surface area contributed by atoms with Gasteiger partial charge in [0, 0.05) is 12.9 Å². The van der Waals surface area contributed by atoms with Crippen LogP contribution in [0.15, 0.2) is 48.5 Å². The van der Waals surface area contributed by atoms with E-state index in [1.807, 2.05) is 11.9 Å². The molecule has 2 fully saturated rings. The number of benzene rings is 2. The molecule has 2 saturated heterocycles. The molecule has 2 aliphatic heterocycles. The predicted octanol–water partition coefficient (Wildman–Crippen LogP) is 0.794. The summed E-state index contributed by atoms with van der Waals surface area (Å²) in [4.78, 5) is 37.3. The number of phenolic OH excluding ortho intramolecular Hbond substituents is 1. The van der Waals surface area contributed by atoms with Gasteiger partial charge in [-0.1, -0.05) is 24.3 Å². The lowest BCUT2D eigenvalue weighted by Crippen LogP contribution is -2.66. The lowest BCUT2D eigenvalue weighted by Gasteiger charge is -2.44. The number of aromatic hydroxyl groups is 2. The highest BCUT2D eigenvalue weighted by molar-refractivity contribution is 7.99. The Bertz CT molecular complexity index is 1320. The Kier molecular flexibility index (Phi) is 14.1. The minimum atomic E-state index is -1.53. The zero-order valence-electron chi connectivity index (χ0n) is 25.8. The molecular formula is C31H42N2O12S. The summed E-state index contributed by atoms with van der Waals surface area (Å²) in [5.74, 6) is -2.21. The number of phenols is 2. The number of carbonyl (C=O) groups excluding carboxylic acids is 2. The number of esters is 1. The van der Waals surface area contributed by atoms with Gasteiger partial charge in [-0.2, -0.15) is 0 Å². The molecule has 0 aliphatic carbocycles. The molecule has 254 valence electrons. The summed E-state index contributed by atoms with van der Waals surface area (Å²) in [6.07, 6.45) is -4.42. The third-order valence-electron chi connectivity index (χ3n) is 7.83. The van der Waals surface area contributed by atoms with Crippen molar-refractivity contribution in [3.63, 3.8) is 0 Å². The van der Waals surface area contributed by atoms with Crippen molar-refractivity contribution >= 4 is 29.6 Å². The van der Waals surface area contributed by atoms with E-state index >= 15 is 0 Å². The van der Waals surface area contributed by atoms with Crippen molar-refractivity contribution in [2.75, 3.05) is 33.1 Å². The first-order valence-corrected chi connectivity index (χ1v) is 15.7. The maximum Gasteiger partial charge on any atom is 0.341 e. The number of hydrogen-bond donors (Lipinski definition) is 7. The van der Waals surface area contributed by atoms with E-state index in [1.54, 1.807) is 31.2 Å². The lowest BCUT2D eigenvalue weighted by atomic mass is 9.92. The van der Waals surface area contributed by atoms with Gasteiger partial charge >= 0.3 is 11.9 Å². The van der Waals surface area contributed by atoms with Crippen molar-refractivity contribution in [1.82, 2.24) is 10.2 Å². The molecule has 5 unspecified atom stereocenters. The van der Waals surface area contributed by atoms with Crippen LogP contribution in [0.25, 0.3) is 0 Å². The van der Waals surface area contributed by atoms with E-state index in [9.17, 15) is 34.8 Å². The molecule has 7 N–H and O–H groups in total. The molecule has 8 atom stereocenters. The van der Waals surface area contributed by atoms with Gasteiger partial charge in [-0.05, 0) is 57.6 Å². The standard InChI is InChI=1S/C24H36N2O9S.C7H6O3/c1-13(33-3)17(25-22(31)15-8-6-10-26(15)2)21-19(29)18(28)20(30)24(35-21)36-12-11-34-23(32)14-7-4-5-9-16(14)27;8-6-4-2-1-3-5(6)7(9)10/h4-5,7,9,13,15,17-21,24,27-30H,6,8,10-12H2,1-3H3,(H,25,31);1-4,8H,(H,9,10)/t13?,15-,17?,18?,19+,20?,21?,24+;/m0./s1. The number of amides is 1. The number of nitrogens with one attached hydrogen (secondary N) is 1. The molecule has 0 radical (unpaired) electrons. The number of likely N-dealkylation sites (N-methyl/N-ethyl adjacent to an activating group) is 1. The molecule has 0 spiro atoms. The number of carboxylic acid groups (broad SMARTS) is 1. The molecule has 2 aromatic carbocycles. The SMILES string of the molecule is COC(C)C(NC(=O)[C@@H]1CCCN1C)C1O[C@H](SCCOC(=O)c2ccccc2O)C(O)C(O)[C@H]1O.O=C(O)c1ccccc1O. The number of aliphatic hydroxyl groups is 3. The average molecular weight is 667 g/mol. The van der Waals surface area contributed by atoms with E-state index in [-0.39, 0.29) is 46.9 Å². The topological polar surface area (TPSA) is 216 Å². The third-order valence-corrected chi connectivity index (χ3v) is 8.95. The van der Waals surface area contributed by atoms with E-state index in [1.165, 1.54) is 31.4 Å². The molecule has 0 bridgehead atoms. The van der Waals surface area contributed by atoms with Crippen LogP contribution < -0.4 is 5.32 Å². The lowest BCUT2D eigenvalue weighted by molar-refractivity contribution is -0.212. The number of ether oxygens (including phenoxy) is 3. The first-order chi connectivity index (χ1) is 21.9. The van der Waals surface area contributed by atoms with Crippen LogP contribution in [0, 0.1) is 0 Å². The zero-order chi connectivity index (χ0) is 34.0. The van der Waals surface area contributed by atoms with E-state index < -0.39 is 53.9 Å². The first kappa shape index (κ1) is 37.0. The van der Waals surface area contributed by atoms with Gasteiger partial charge in [0.15, 0.2) is 0 Å². The molecule has 4 rings (SSSR count). The van der Waals surface area contributed by atoms with Gasteiger partial charge in [0.2, 0.25) is 5.91 Å². The van der Waals surface area contributed by atoms with E-state index in [4.69, 9.17) is 24.4 Å². The van der Waals surface area contributed by atoms with Gasteiger partial charge < -0.3 is 50.2 Å². The second kappa shape index (κ2) is 17.5. The highest BCUT2D eigenvalue weighted by Gasteiger charge is 2.49. The number of para-hydroxylation sites is 2. The largest absolute Gasteiger partial charge is 0.507 e. The Hall–Kier alpha value is -3.44. The van der Waals surface area contributed by atoms with Crippen molar-refractivity contribution in [3.05, 3.63) is 59.7 Å². The van der Waals surface area contributed by atoms with Crippen molar-refractivity contribution in [2.45, 2.75) is 67.8 Å². The number of likely N-dealkylation sites (tertiary alicyclic amines) is 1. The Morgan fingerprint density at radius 2 is 1.61 bits per heavy atom. The number of hydrogen-bond acceptors (Lipinski definition) is 13. The normalized spacial score (nSPS) is 25.9. The van der Waals surface area contributed by atoms with Crippen LogP contribution in [0.1, 0.15) is 40.5 Å². The predicted molar refractivity (Wildman–Crippen MR) is 167 cm³/mol. The quantitative estimate of drug-likeness (QED) is 0.130. The summed E-state index contributed by atoms with van der Waals surface area (Å²) in [6, 6.07) is 10.7. The number of aliphatic hydroxyl groups excluding tert-OH is 3. The van der Waals surface area contributed by atoms with Gasteiger partial charge in [0.25, 0.3) is 0 Å². The maximum atomic E-state index is 13.0. The minimum Gasteiger partial charge on any atom is -0.507 e. The number of nitrogens with zero attached hydrogens (tertiary/aromatic N) is 1. The average Bonchev–Trinajstić information content (AvgIpc) is 3.47. The summed E-state index contributed by atoms with van der Waals surface area (Å²) in [5, 5.41) is 61.7. The maximum absolute atomic E-state index is 13.0.